The Labute approximate surface area is 345 Å². The highest BCUT2D eigenvalue weighted by Gasteiger charge is 2.53. The second-order valence-corrected chi connectivity index (χ2v) is 17.7. The fraction of sp³-hybridized carbons (Fsp3) is 0.951. The average Bonchev–Trinajstić information content (AvgIpc) is 3.15. The molecule has 17 nitrogen and oxygen atoms in total. The Bertz CT molecular complexity index is 1300. The van der Waals surface area contributed by atoms with Gasteiger partial charge < -0.3 is 73.2 Å². The van der Waals surface area contributed by atoms with Gasteiger partial charge in [0.05, 0.1) is 66.6 Å². The number of methoxy groups -OCH3 is 2. The van der Waals surface area contributed by atoms with Crippen LogP contribution in [0.2, 0.25) is 0 Å². The molecule has 0 radical (unpaired) electrons. The van der Waals surface area contributed by atoms with Crippen molar-refractivity contribution in [3.63, 3.8) is 0 Å². The summed E-state index contributed by atoms with van der Waals surface area (Å²) in [5, 5.41) is 63.6. The van der Waals surface area contributed by atoms with E-state index in [1.165, 1.54) is 14.0 Å². The number of oxime groups is 1. The molecule has 0 aromatic rings. The molecular formula is C41H76N2O15. The SMILES string of the molecule is CCC1OC(=O)[C@H](C)C(O[C@H]2C[C@@](C)(OC)[C@@H](O)[C@H](C)O2)[C@H](C)[C@@H](O[C@@H]2O[C@H](C)C[C@H](N(C)C)[C@H]2O)[C@](C)(O)C[C@@H](C)/C(=N\OCOCCOC)[C@H](C)[C@@H](O)[C@]1(C)O. The van der Waals surface area contributed by atoms with Gasteiger partial charge >= 0.3 is 5.97 Å². The lowest BCUT2D eigenvalue weighted by atomic mass is 9.73. The molecule has 340 valence electrons. The summed E-state index contributed by atoms with van der Waals surface area (Å²) >= 11 is 0. The molecule has 18 atom stereocenters. The van der Waals surface area contributed by atoms with Crippen molar-refractivity contribution in [1.82, 2.24) is 4.90 Å². The zero-order chi connectivity index (χ0) is 43.9. The van der Waals surface area contributed by atoms with E-state index in [4.69, 9.17) is 42.7 Å². The fourth-order valence-electron chi connectivity index (χ4n) is 8.93. The number of carbonyl (C=O) groups excluding carboxylic acids is 1. The zero-order valence-corrected chi connectivity index (χ0v) is 37.3. The minimum atomic E-state index is -1.97. The Kier molecular flexibility index (Phi) is 18.8. The van der Waals surface area contributed by atoms with E-state index in [1.807, 2.05) is 32.8 Å². The fourth-order valence-corrected chi connectivity index (χ4v) is 8.93. The van der Waals surface area contributed by atoms with E-state index in [0.29, 0.717) is 18.7 Å². The third kappa shape index (κ3) is 12.1. The van der Waals surface area contributed by atoms with Crippen molar-refractivity contribution < 1.29 is 73.1 Å². The number of esters is 1. The maximum absolute atomic E-state index is 14.3. The molecular weight excluding hydrogens is 760 g/mol. The lowest BCUT2D eigenvalue weighted by Gasteiger charge is -2.49. The molecule has 3 rings (SSSR count). The second kappa shape index (κ2) is 21.5. The van der Waals surface area contributed by atoms with Crippen molar-refractivity contribution >= 4 is 11.7 Å². The third-order valence-electron chi connectivity index (χ3n) is 12.6. The van der Waals surface area contributed by atoms with Gasteiger partial charge in [0, 0.05) is 44.4 Å². The van der Waals surface area contributed by atoms with Gasteiger partial charge in [-0.3, -0.25) is 4.79 Å². The van der Waals surface area contributed by atoms with Crippen molar-refractivity contribution in [3.8, 4) is 0 Å². The van der Waals surface area contributed by atoms with Gasteiger partial charge in [0.1, 0.15) is 23.9 Å². The van der Waals surface area contributed by atoms with Crippen LogP contribution in [0.15, 0.2) is 5.16 Å². The van der Waals surface area contributed by atoms with E-state index in [9.17, 15) is 30.3 Å². The van der Waals surface area contributed by atoms with Gasteiger partial charge in [-0.2, -0.15) is 0 Å². The average molecular weight is 837 g/mol. The summed E-state index contributed by atoms with van der Waals surface area (Å²) in [6.07, 6.45) is -9.49. The largest absolute Gasteiger partial charge is 0.459 e. The molecule has 3 aliphatic rings. The van der Waals surface area contributed by atoms with Crippen LogP contribution in [0.5, 0.6) is 0 Å². The Hall–Kier alpha value is -1.58. The molecule has 0 saturated carbocycles. The minimum Gasteiger partial charge on any atom is -0.459 e. The molecule has 0 spiro atoms. The number of nitrogens with zero attached hydrogens (tertiary/aromatic N) is 2. The second-order valence-electron chi connectivity index (χ2n) is 17.7. The number of carbonyl (C=O) groups is 1. The van der Waals surface area contributed by atoms with Gasteiger partial charge in [-0.15, -0.1) is 0 Å². The van der Waals surface area contributed by atoms with Gasteiger partial charge in [0.15, 0.2) is 12.6 Å². The number of rotatable bonds is 13. The first-order valence-electron chi connectivity index (χ1n) is 20.8. The van der Waals surface area contributed by atoms with Crippen molar-refractivity contribution in [2.45, 2.75) is 179 Å². The summed E-state index contributed by atoms with van der Waals surface area (Å²) in [7, 11) is 6.76. The molecule has 3 fully saturated rings. The molecule has 0 amide bonds. The van der Waals surface area contributed by atoms with Crippen LogP contribution in [-0.2, 0) is 47.5 Å². The molecule has 0 aliphatic carbocycles. The maximum Gasteiger partial charge on any atom is 0.311 e. The van der Waals surface area contributed by atoms with E-state index >= 15 is 0 Å². The summed E-state index contributed by atoms with van der Waals surface area (Å²) in [5.41, 5.74) is -4.49. The quantitative estimate of drug-likeness (QED) is 0.0778. The van der Waals surface area contributed by atoms with E-state index in [2.05, 4.69) is 5.16 Å². The lowest BCUT2D eigenvalue weighted by molar-refractivity contribution is -0.317. The Morgan fingerprint density at radius 2 is 1.55 bits per heavy atom. The Morgan fingerprint density at radius 3 is 2.14 bits per heavy atom. The molecule has 3 saturated heterocycles. The molecule has 0 aromatic heterocycles. The van der Waals surface area contributed by atoms with E-state index in [1.54, 1.807) is 55.6 Å². The predicted molar refractivity (Wildman–Crippen MR) is 212 cm³/mol. The number of hydrogen-bond donors (Lipinski definition) is 5. The Balaban J connectivity index is 2.22. The van der Waals surface area contributed by atoms with Crippen LogP contribution >= 0.6 is 0 Å². The molecule has 3 heterocycles. The zero-order valence-electron chi connectivity index (χ0n) is 37.3. The number of likely N-dealkylation sites (N-methyl/N-ethyl adjacent to an activating group) is 1. The standard InChI is InChI=1S/C41H76N2O15/c1-15-29-41(10,49)34(45)24(4)31(42-53-21-52-17-16-50-13)22(2)19-39(8,48)36(58-38-32(44)28(43(11)12)18-23(3)54-38)25(5)33(26(6)37(47)56-29)57-30-20-40(9,51-14)35(46)27(7)55-30/h22-30,32-36,38,44-46,48-49H,15-21H2,1-14H3/b42-31+/t22-,23-,24+,25+,26-,27+,28+,29?,30+,32-,33?,34-,35+,36-,38+,39-,40-,41-/m1/s1. The van der Waals surface area contributed by atoms with Gasteiger partial charge in [0.2, 0.25) is 6.79 Å². The third-order valence-corrected chi connectivity index (χ3v) is 12.6. The first-order valence-corrected chi connectivity index (χ1v) is 20.8. The normalized spacial score (nSPS) is 45.8. The molecule has 0 bridgehead atoms. The molecule has 2 unspecified atom stereocenters. The first-order chi connectivity index (χ1) is 27.0. The predicted octanol–water partition coefficient (Wildman–Crippen LogP) is 2.21. The molecule has 0 aromatic carbocycles. The summed E-state index contributed by atoms with van der Waals surface area (Å²) < 4.78 is 48.1. The van der Waals surface area contributed by atoms with Crippen LogP contribution in [-0.4, -0.2) is 175 Å². The smallest absolute Gasteiger partial charge is 0.311 e. The first kappa shape index (κ1) is 50.8. The van der Waals surface area contributed by atoms with Gasteiger partial charge in [0.25, 0.3) is 0 Å². The van der Waals surface area contributed by atoms with Crippen molar-refractivity contribution in [3.05, 3.63) is 0 Å². The summed E-state index contributed by atoms with van der Waals surface area (Å²) in [6.45, 7) is 17.3. The van der Waals surface area contributed by atoms with Crippen LogP contribution in [0.1, 0.15) is 94.9 Å². The Morgan fingerprint density at radius 1 is 0.897 bits per heavy atom. The summed E-state index contributed by atoms with van der Waals surface area (Å²) in [6, 6.07) is -0.328. The highest BCUT2D eigenvalue weighted by molar-refractivity contribution is 5.88. The van der Waals surface area contributed by atoms with Crippen LogP contribution < -0.4 is 0 Å². The van der Waals surface area contributed by atoms with Crippen molar-refractivity contribution in [2.75, 3.05) is 48.3 Å². The molecule has 3 aliphatic heterocycles. The minimum absolute atomic E-state index is 0.0307. The highest BCUT2D eigenvalue weighted by atomic mass is 16.7. The number of aliphatic hydroxyl groups is 5. The van der Waals surface area contributed by atoms with Crippen molar-refractivity contribution in [2.24, 2.45) is 28.8 Å². The maximum atomic E-state index is 14.3. The van der Waals surface area contributed by atoms with Crippen molar-refractivity contribution in [1.29, 1.82) is 0 Å². The molecule has 5 N–H and O–H groups in total. The van der Waals surface area contributed by atoms with Gasteiger partial charge in [-0.25, -0.2) is 0 Å². The number of ether oxygens (including phenoxy) is 8. The highest BCUT2D eigenvalue weighted by Crippen LogP contribution is 2.41. The summed E-state index contributed by atoms with van der Waals surface area (Å²) in [4.78, 5) is 21.8. The van der Waals surface area contributed by atoms with E-state index < -0.39 is 102 Å². The number of aliphatic hydroxyl groups excluding tert-OH is 3. The van der Waals surface area contributed by atoms with Crippen LogP contribution in [0.4, 0.5) is 0 Å². The monoisotopic (exact) mass is 837 g/mol. The molecule has 17 heteroatoms. The van der Waals surface area contributed by atoms with E-state index in [-0.39, 0.29) is 44.8 Å². The van der Waals surface area contributed by atoms with Crippen LogP contribution in [0.3, 0.4) is 0 Å². The van der Waals surface area contributed by atoms with Gasteiger partial charge in [-0.1, -0.05) is 32.9 Å². The van der Waals surface area contributed by atoms with Crippen LogP contribution in [0, 0.1) is 23.7 Å². The molecule has 58 heavy (non-hydrogen) atoms. The summed E-state index contributed by atoms with van der Waals surface area (Å²) in [5.74, 6) is -4.14. The van der Waals surface area contributed by atoms with Crippen LogP contribution in [0.25, 0.3) is 0 Å². The topological polar surface area (TPSA) is 217 Å². The lowest BCUT2D eigenvalue weighted by Crippen LogP contribution is -2.61. The van der Waals surface area contributed by atoms with E-state index in [0.717, 1.165) is 0 Å². The van der Waals surface area contributed by atoms with Gasteiger partial charge in [-0.05, 0) is 74.9 Å². The number of cyclic esters (lactones) is 1. The number of hydrogen-bond acceptors (Lipinski definition) is 17.